The van der Waals surface area contributed by atoms with Crippen LogP contribution in [0.25, 0.3) is 0 Å². The fourth-order valence-corrected chi connectivity index (χ4v) is 3.33. The third kappa shape index (κ3) is 3.76. The smallest absolute Gasteiger partial charge is 0.195 e. The number of hydrogen-bond acceptors (Lipinski definition) is 6. The lowest BCUT2D eigenvalue weighted by Crippen LogP contribution is -2.64. The average molecular weight is 383 g/mol. The van der Waals surface area contributed by atoms with Gasteiger partial charge in [-0.2, -0.15) is 0 Å². The van der Waals surface area contributed by atoms with E-state index in [1.807, 2.05) is 24.3 Å². The summed E-state index contributed by atoms with van der Waals surface area (Å²) in [7, 11) is 1.64. The largest absolute Gasteiger partial charge is 0.497 e. The molecule has 1 atom stereocenters. The maximum Gasteiger partial charge on any atom is 0.195 e. The van der Waals surface area contributed by atoms with Crippen LogP contribution in [0.15, 0.2) is 30.3 Å². The monoisotopic (exact) mass is 382 g/mol. The zero-order chi connectivity index (χ0) is 17.9. The number of hydrogen-bond donors (Lipinski definition) is 1. The normalized spacial score (nSPS) is 20.4. The highest BCUT2D eigenvalue weighted by Crippen LogP contribution is 2.35. The molecule has 6 nitrogen and oxygen atoms in total. The van der Waals surface area contributed by atoms with Crippen molar-refractivity contribution >= 4 is 28.9 Å². The van der Waals surface area contributed by atoms with E-state index in [9.17, 15) is 0 Å². The summed E-state index contributed by atoms with van der Waals surface area (Å²) in [5.41, 5.74) is 0.113. The molecule has 134 valence electrons. The van der Waals surface area contributed by atoms with Crippen molar-refractivity contribution in [2.75, 3.05) is 31.6 Å². The summed E-state index contributed by atoms with van der Waals surface area (Å²) in [4.78, 5) is 2.11. The molecular formula is C17H20Cl2N4O2. The third-order valence-electron chi connectivity index (χ3n) is 4.32. The number of benzene rings is 1. The molecule has 1 unspecified atom stereocenters. The number of piperazine rings is 1. The first-order valence-electron chi connectivity index (χ1n) is 8.08. The van der Waals surface area contributed by atoms with Gasteiger partial charge in [0.25, 0.3) is 0 Å². The highest BCUT2D eigenvalue weighted by molar-refractivity contribution is 6.33. The van der Waals surface area contributed by atoms with Crippen molar-refractivity contribution in [3.05, 3.63) is 40.6 Å². The van der Waals surface area contributed by atoms with Gasteiger partial charge in [-0.1, -0.05) is 30.1 Å². The summed E-state index contributed by atoms with van der Waals surface area (Å²) >= 11 is 12.3. The van der Waals surface area contributed by atoms with E-state index in [0.29, 0.717) is 23.4 Å². The lowest BCUT2D eigenvalue weighted by Gasteiger charge is -2.48. The lowest BCUT2D eigenvalue weighted by molar-refractivity contribution is 0.0477. The number of nitrogens with one attached hydrogen (secondary N) is 1. The number of aromatic nitrogens is 2. The second kappa shape index (κ2) is 7.64. The van der Waals surface area contributed by atoms with Crippen molar-refractivity contribution in [1.29, 1.82) is 0 Å². The van der Waals surface area contributed by atoms with Gasteiger partial charge in [-0.3, -0.25) is 0 Å². The minimum atomic E-state index is -0.608. The standard InChI is InChI=1S/C17H20Cl2N4O2/c1-3-17(25-13-6-4-12(24-2)5-7-13)11-20-8-9-23(17)14-10-15(18)21-22-16(14)19/h4-7,10,20H,3,8-9,11H2,1-2H3. The number of rotatable bonds is 5. The summed E-state index contributed by atoms with van der Waals surface area (Å²) in [5, 5.41) is 11.7. The first-order chi connectivity index (χ1) is 12.1. The second-order valence-electron chi connectivity index (χ2n) is 5.75. The predicted molar refractivity (Wildman–Crippen MR) is 98.9 cm³/mol. The van der Waals surface area contributed by atoms with Gasteiger partial charge < -0.3 is 19.7 Å². The SMILES string of the molecule is CCC1(Oc2ccc(OC)cc2)CNCCN1c1cc(Cl)nnc1Cl. The molecule has 8 heteroatoms. The van der Waals surface area contributed by atoms with E-state index in [0.717, 1.165) is 30.2 Å². The Balaban J connectivity index is 1.95. The van der Waals surface area contributed by atoms with Gasteiger partial charge in [0.05, 0.1) is 19.3 Å². The van der Waals surface area contributed by atoms with Gasteiger partial charge in [-0.05, 0) is 24.3 Å². The molecular weight excluding hydrogens is 363 g/mol. The minimum absolute atomic E-state index is 0.299. The first kappa shape index (κ1) is 18.0. The maximum atomic E-state index is 6.41. The Morgan fingerprint density at radius 2 is 1.92 bits per heavy atom. The van der Waals surface area contributed by atoms with Crippen molar-refractivity contribution in [1.82, 2.24) is 15.5 Å². The Labute approximate surface area is 157 Å². The van der Waals surface area contributed by atoms with Crippen LogP contribution < -0.4 is 19.7 Å². The fourth-order valence-electron chi connectivity index (χ4n) is 2.99. The van der Waals surface area contributed by atoms with E-state index in [2.05, 4.69) is 27.3 Å². The molecule has 3 rings (SSSR count). The summed E-state index contributed by atoms with van der Waals surface area (Å²) in [6.45, 7) is 4.25. The third-order valence-corrected chi connectivity index (χ3v) is 4.77. The van der Waals surface area contributed by atoms with Gasteiger partial charge >= 0.3 is 0 Å². The zero-order valence-electron chi connectivity index (χ0n) is 14.1. The van der Waals surface area contributed by atoms with Gasteiger partial charge in [-0.25, -0.2) is 0 Å². The van der Waals surface area contributed by atoms with Crippen LogP contribution in [-0.4, -0.2) is 42.7 Å². The molecule has 2 heterocycles. The fraction of sp³-hybridized carbons (Fsp3) is 0.412. The van der Waals surface area contributed by atoms with E-state index >= 15 is 0 Å². The molecule has 0 saturated carbocycles. The Morgan fingerprint density at radius 3 is 2.60 bits per heavy atom. The summed E-state index contributed by atoms with van der Waals surface area (Å²) < 4.78 is 11.6. The van der Waals surface area contributed by atoms with Gasteiger partial charge in [0, 0.05) is 25.6 Å². The quantitative estimate of drug-likeness (QED) is 0.854. The highest BCUT2D eigenvalue weighted by Gasteiger charge is 2.41. The molecule has 1 saturated heterocycles. The van der Waals surface area contributed by atoms with Crippen LogP contribution in [0.2, 0.25) is 10.3 Å². The Kier molecular flexibility index (Phi) is 5.51. The molecule has 0 bridgehead atoms. The number of halogens is 2. The second-order valence-corrected chi connectivity index (χ2v) is 6.49. The van der Waals surface area contributed by atoms with E-state index in [1.54, 1.807) is 13.2 Å². The number of methoxy groups -OCH3 is 1. The molecule has 1 aromatic carbocycles. The number of nitrogens with zero attached hydrogens (tertiary/aromatic N) is 3. The molecule has 0 spiro atoms. The summed E-state index contributed by atoms with van der Waals surface area (Å²) in [6.07, 6.45) is 0.738. The van der Waals surface area contributed by atoms with Crippen LogP contribution >= 0.6 is 23.2 Å². The van der Waals surface area contributed by atoms with Gasteiger partial charge in [0.1, 0.15) is 11.5 Å². The van der Waals surface area contributed by atoms with Crippen LogP contribution in [0.4, 0.5) is 5.69 Å². The molecule has 0 aliphatic carbocycles. The molecule has 0 radical (unpaired) electrons. The van der Waals surface area contributed by atoms with Crippen molar-refractivity contribution in [3.63, 3.8) is 0 Å². The van der Waals surface area contributed by atoms with Crippen molar-refractivity contribution in [3.8, 4) is 11.5 Å². The summed E-state index contributed by atoms with van der Waals surface area (Å²) in [6, 6.07) is 9.25. The van der Waals surface area contributed by atoms with Crippen molar-refractivity contribution < 1.29 is 9.47 Å². The molecule has 0 amide bonds. The van der Waals surface area contributed by atoms with Gasteiger partial charge in [0.2, 0.25) is 0 Å². The molecule has 2 aromatic rings. The number of ether oxygens (including phenoxy) is 2. The average Bonchev–Trinajstić information content (AvgIpc) is 2.65. The van der Waals surface area contributed by atoms with Crippen LogP contribution in [0, 0.1) is 0 Å². The molecule has 1 N–H and O–H groups in total. The Morgan fingerprint density at radius 1 is 1.20 bits per heavy atom. The molecule has 1 fully saturated rings. The first-order valence-corrected chi connectivity index (χ1v) is 8.84. The predicted octanol–water partition coefficient (Wildman–Crippen LogP) is 3.39. The van der Waals surface area contributed by atoms with Crippen LogP contribution in [0.5, 0.6) is 11.5 Å². The maximum absolute atomic E-state index is 6.41. The van der Waals surface area contributed by atoms with Crippen LogP contribution in [0.3, 0.4) is 0 Å². The van der Waals surface area contributed by atoms with Crippen LogP contribution in [0.1, 0.15) is 13.3 Å². The molecule has 1 aliphatic heterocycles. The lowest BCUT2D eigenvalue weighted by atomic mass is 10.0. The van der Waals surface area contributed by atoms with Gasteiger partial charge in [-0.15, -0.1) is 10.2 Å². The summed E-state index contributed by atoms with van der Waals surface area (Å²) in [5.74, 6) is 1.53. The van der Waals surface area contributed by atoms with E-state index < -0.39 is 5.72 Å². The van der Waals surface area contributed by atoms with Crippen molar-refractivity contribution in [2.45, 2.75) is 19.1 Å². The van der Waals surface area contributed by atoms with Gasteiger partial charge in [0.15, 0.2) is 16.0 Å². The topological polar surface area (TPSA) is 59.5 Å². The van der Waals surface area contributed by atoms with E-state index in [-0.39, 0.29) is 0 Å². The van der Waals surface area contributed by atoms with E-state index in [1.165, 1.54) is 0 Å². The number of anilines is 1. The Bertz CT molecular complexity index is 729. The zero-order valence-corrected chi connectivity index (χ0v) is 15.6. The van der Waals surface area contributed by atoms with Crippen molar-refractivity contribution in [2.24, 2.45) is 0 Å². The molecule has 1 aliphatic rings. The minimum Gasteiger partial charge on any atom is -0.497 e. The van der Waals surface area contributed by atoms with Crippen LogP contribution in [-0.2, 0) is 0 Å². The van der Waals surface area contributed by atoms with E-state index in [4.69, 9.17) is 32.7 Å². The Hall–Kier alpha value is -1.76. The highest BCUT2D eigenvalue weighted by atomic mass is 35.5. The molecule has 1 aromatic heterocycles. The molecule has 25 heavy (non-hydrogen) atoms.